The Balaban J connectivity index is 1.18. The van der Waals surface area contributed by atoms with E-state index in [0.29, 0.717) is 0 Å². The van der Waals surface area contributed by atoms with Crippen LogP contribution in [-0.4, -0.2) is 0 Å². The van der Waals surface area contributed by atoms with E-state index in [-0.39, 0.29) is 21.7 Å². The van der Waals surface area contributed by atoms with Gasteiger partial charge in [0.25, 0.3) is 0 Å². The van der Waals surface area contributed by atoms with Gasteiger partial charge in [-0.1, -0.05) is 185 Å². The molecule has 274 valence electrons. The standard InChI is InChI=1S/C55H54/c1-52(2,3)40-22-25-45-47(31-40)55(10,11)48-32-42(54(7,8)9)30-46(51(45)48)37-17-13-15-35(27-37)34-14-12-16-36(26-34)43-23-20-33-18-19-38-28-41(53(4,5)6)29-39-21-24-44(43)50(33)49(38)39/h12-32H,1-11H3. The van der Waals surface area contributed by atoms with Gasteiger partial charge in [0.2, 0.25) is 0 Å². The van der Waals surface area contributed by atoms with Crippen LogP contribution in [0, 0.1) is 0 Å². The zero-order chi connectivity index (χ0) is 38.8. The van der Waals surface area contributed by atoms with E-state index in [1.165, 1.54) is 105 Å². The van der Waals surface area contributed by atoms with Crippen LogP contribution < -0.4 is 0 Å². The molecule has 0 saturated heterocycles. The Hall–Kier alpha value is -5.20. The van der Waals surface area contributed by atoms with Gasteiger partial charge in [-0.25, -0.2) is 0 Å². The summed E-state index contributed by atoms with van der Waals surface area (Å²) < 4.78 is 0. The minimum Gasteiger partial charge on any atom is -0.0610 e. The highest BCUT2D eigenvalue weighted by Gasteiger charge is 2.39. The van der Waals surface area contributed by atoms with Crippen molar-refractivity contribution < 1.29 is 0 Å². The summed E-state index contributed by atoms with van der Waals surface area (Å²) in [4.78, 5) is 0. The summed E-state index contributed by atoms with van der Waals surface area (Å²) in [7, 11) is 0. The predicted molar refractivity (Wildman–Crippen MR) is 240 cm³/mol. The molecule has 0 aromatic heterocycles. The Morgan fingerprint density at radius 2 is 0.855 bits per heavy atom. The van der Waals surface area contributed by atoms with Crippen LogP contribution in [0.25, 0.3) is 76.8 Å². The van der Waals surface area contributed by atoms with Gasteiger partial charge >= 0.3 is 0 Å². The average molecular weight is 715 g/mol. The molecule has 9 rings (SSSR count). The molecular formula is C55H54. The fourth-order valence-electron chi connectivity index (χ4n) is 9.21. The molecule has 8 aromatic carbocycles. The van der Waals surface area contributed by atoms with E-state index in [9.17, 15) is 0 Å². The Kier molecular flexibility index (Phi) is 7.68. The molecule has 0 aliphatic heterocycles. The van der Waals surface area contributed by atoms with Crippen LogP contribution in [0.1, 0.15) is 104 Å². The molecule has 0 atom stereocenters. The zero-order valence-electron chi connectivity index (χ0n) is 34.6. The van der Waals surface area contributed by atoms with Crippen LogP contribution in [0.3, 0.4) is 0 Å². The van der Waals surface area contributed by atoms with Crippen molar-refractivity contribution >= 4 is 32.3 Å². The van der Waals surface area contributed by atoms with Crippen LogP contribution in [-0.2, 0) is 21.7 Å². The van der Waals surface area contributed by atoms with Gasteiger partial charge in [-0.05, 0) is 139 Å². The molecule has 0 spiro atoms. The summed E-state index contributed by atoms with van der Waals surface area (Å²) in [5.74, 6) is 0. The highest BCUT2D eigenvalue weighted by Crippen LogP contribution is 2.54. The molecule has 0 radical (unpaired) electrons. The van der Waals surface area contributed by atoms with Crippen LogP contribution >= 0.6 is 0 Å². The molecule has 1 aliphatic carbocycles. The first-order valence-electron chi connectivity index (χ1n) is 20.2. The predicted octanol–water partition coefficient (Wildman–Crippen LogP) is 15.8. The molecule has 0 bridgehead atoms. The highest BCUT2D eigenvalue weighted by molar-refractivity contribution is 6.25. The van der Waals surface area contributed by atoms with E-state index in [4.69, 9.17) is 0 Å². The summed E-state index contributed by atoms with van der Waals surface area (Å²) in [5, 5.41) is 8.00. The molecular weight excluding hydrogens is 661 g/mol. The third-order valence-corrected chi connectivity index (χ3v) is 12.7. The fourth-order valence-corrected chi connectivity index (χ4v) is 9.21. The van der Waals surface area contributed by atoms with Crippen LogP contribution in [0.2, 0.25) is 0 Å². The maximum absolute atomic E-state index is 2.50. The van der Waals surface area contributed by atoms with Gasteiger partial charge in [0, 0.05) is 5.41 Å². The lowest BCUT2D eigenvalue weighted by Crippen LogP contribution is -2.19. The largest absolute Gasteiger partial charge is 0.0610 e. The summed E-state index contributed by atoms with van der Waals surface area (Å²) in [6.07, 6.45) is 0. The smallest absolute Gasteiger partial charge is 0.0159 e. The average Bonchev–Trinajstić information content (AvgIpc) is 3.37. The summed E-state index contributed by atoms with van der Waals surface area (Å²) in [6, 6.07) is 49.4. The quantitative estimate of drug-likeness (QED) is 0.160. The van der Waals surface area contributed by atoms with Crippen molar-refractivity contribution in [3.05, 3.63) is 155 Å². The molecule has 8 aromatic rings. The molecule has 0 heteroatoms. The molecule has 1 aliphatic rings. The Bertz CT molecular complexity index is 2800. The molecule has 0 amide bonds. The van der Waals surface area contributed by atoms with Gasteiger partial charge in [-0.15, -0.1) is 0 Å². The maximum atomic E-state index is 2.50. The normalized spacial score (nSPS) is 14.2. The molecule has 0 nitrogen and oxygen atoms in total. The Labute approximate surface area is 328 Å². The molecule has 0 N–H and O–H groups in total. The fraction of sp³-hybridized carbons (Fsp3) is 0.273. The van der Waals surface area contributed by atoms with Crippen molar-refractivity contribution in [2.45, 2.75) is 97.8 Å². The van der Waals surface area contributed by atoms with Gasteiger partial charge < -0.3 is 0 Å². The summed E-state index contributed by atoms with van der Waals surface area (Å²) in [5.41, 5.74) is 17.5. The number of hydrogen-bond acceptors (Lipinski definition) is 0. The van der Waals surface area contributed by atoms with Crippen molar-refractivity contribution in [3.8, 4) is 44.5 Å². The molecule has 0 unspecified atom stereocenters. The van der Waals surface area contributed by atoms with E-state index in [2.05, 4.69) is 204 Å². The van der Waals surface area contributed by atoms with Gasteiger partial charge in [0.15, 0.2) is 0 Å². The molecule has 55 heavy (non-hydrogen) atoms. The summed E-state index contributed by atoms with van der Waals surface area (Å²) >= 11 is 0. The van der Waals surface area contributed by atoms with E-state index in [0.717, 1.165) is 0 Å². The molecule has 0 heterocycles. The van der Waals surface area contributed by atoms with Crippen molar-refractivity contribution in [2.75, 3.05) is 0 Å². The van der Waals surface area contributed by atoms with E-state index < -0.39 is 0 Å². The Morgan fingerprint density at radius 3 is 1.47 bits per heavy atom. The van der Waals surface area contributed by atoms with E-state index in [1.807, 2.05) is 0 Å². The monoisotopic (exact) mass is 714 g/mol. The molecule has 0 fully saturated rings. The van der Waals surface area contributed by atoms with Crippen molar-refractivity contribution in [3.63, 3.8) is 0 Å². The minimum atomic E-state index is -0.0938. The van der Waals surface area contributed by atoms with Gasteiger partial charge in [-0.2, -0.15) is 0 Å². The van der Waals surface area contributed by atoms with Gasteiger partial charge in [-0.3, -0.25) is 0 Å². The lowest BCUT2D eigenvalue weighted by Gasteiger charge is -2.27. The third-order valence-electron chi connectivity index (χ3n) is 12.7. The second kappa shape index (κ2) is 11.9. The lowest BCUT2D eigenvalue weighted by molar-refractivity contribution is 0.580. The number of benzene rings is 8. The second-order valence-corrected chi connectivity index (χ2v) is 19.9. The van der Waals surface area contributed by atoms with Gasteiger partial charge in [0.1, 0.15) is 0 Å². The van der Waals surface area contributed by atoms with Crippen LogP contribution in [0.15, 0.2) is 127 Å². The number of fused-ring (bicyclic) bond motifs is 3. The first kappa shape index (κ1) is 35.5. The highest BCUT2D eigenvalue weighted by atomic mass is 14.4. The van der Waals surface area contributed by atoms with Crippen molar-refractivity contribution in [2.24, 2.45) is 0 Å². The van der Waals surface area contributed by atoms with Crippen molar-refractivity contribution in [1.82, 2.24) is 0 Å². The van der Waals surface area contributed by atoms with Crippen LogP contribution in [0.5, 0.6) is 0 Å². The van der Waals surface area contributed by atoms with Gasteiger partial charge in [0.05, 0.1) is 0 Å². The summed E-state index contributed by atoms with van der Waals surface area (Å²) in [6.45, 7) is 25.7. The molecule has 0 saturated carbocycles. The van der Waals surface area contributed by atoms with E-state index >= 15 is 0 Å². The zero-order valence-corrected chi connectivity index (χ0v) is 34.6. The third kappa shape index (κ3) is 5.71. The van der Waals surface area contributed by atoms with Crippen molar-refractivity contribution in [1.29, 1.82) is 0 Å². The van der Waals surface area contributed by atoms with E-state index in [1.54, 1.807) is 0 Å². The first-order valence-corrected chi connectivity index (χ1v) is 20.2. The topological polar surface area (TPSA) is 0 Å². The first-order chi connectivity index (χ1) is 25.9. The van der Waals surface area contributed by atoms with Crippen LogP contribution in [0.4, 0.5) is 0 Å². The Morgan fingerprint density at radius 1 is 0.364 bits per heavy atom. The number of hydrogen-bond donors (Lipinski definition) is 0. The second-order valence-electron chi connectivity index (χ2n) is 19.9. The number of rotatable bonds is 3. The lowest BCUT2D eigenvalue weighted by atomic mass is 9.76. The SMILES string of the molecule is CC(C)(C)c1ccc2c(c1)C(C)(C)c1cc(C(C)(C)C)cc(-c3cccc(-c4cccc(-c5ccc6ccc7cc(C(C)(C)C)cc8ccc5c6c78)c4)c3)c1-2. The minimum absolute atomic E-state index is 0.0205. The maximum Gasteiger partial charge on any atom is 0.0159 e.